The number of nitrogens with zero attached hydrogens (tertiary/aromatic N) is 1. The Labute approximate surface area is 116 Å². The second-order valence-electron chi connectivity index (χ2n) is 6.35. The summed E-state index contributed by atoms with van der Waals surface area (Å²) >= 11 is 0. The third kappa shape index (κ3) is 7.15. The first-order valence-electron chi connectivity index (χ1n) is 6.82. The van der Waals surface area contributed by atoms with Gasteiger partial charge in [0.2, 0.25) is 5.91 Å². The molecule has 0 aromatic rings. The summed E-state index contributed by atoms with van der Waals surface area (Å²) in [6.45, 7) is 10.4. The number of hydrogen-bond acceptors (Lipinski definition) is 3. The molecule has 3 N–H and O–H groups in total. The Bertz CT molecular complexity index is 308. The SMILES string of the molecule is CC(C)N(CCCC(=O)O)C(=O)CC(N)C(C)(C)C. The minimum atomic E-state index is -0.831. The highest BCUT2D eigenvalue weighted by molar-refractivity contribution is 5.77. The van der Waals surface area contributed by atoms with Gasteiger partial charge >= 0.3 is 5.97 Å². The molecule has 0 saturated carbocycles. The fourth-order valence-electron chi connectivity index (χ4n) is 1.68. The minimum absolute atomic E-state index is 0.00261. The molecular weight excluding hydrogens is 244 g/mol. The fraction of sp³-hybridized carbons (Fsp3) is 0.857. The van der Waals surface area contributed by atoms with Crippen molar-refractivity contribution in [3.63, 3.8) is 0 Å². The number of rotatable bonds is 7. The average molecular weight is 272 g/mol. The topological polar surface area (TPSA) is 83.6 Å². The number of carboxylic acids is 1. The van der Waals surface area contributed by atoms with Gasteiger partial charge in [-0.05, 0) is 25.7 Å². The first kappa shape index (κ1) is 17.9. The predicted molar refractivity (Wildman–Crippen MR) is 75.8 cm³/mol. The molecular formula is C14H28N2O3. The normalized spacial score (nSPS) is 13.4. The molecule has 0 aromatic heterocycles. The van der Waals surface area contributed by atoms with Gasteiger partial charge in [-0.25, -0.2) is 0 Å². The molecule has 0 rings (SSSR count). The number of aliphatic carboxylic acids is 1. The van der Waals surface area contributed by atoms with Gasteiger partial charge in [0.15, 0.2) is 0 Å². The van der Waals surface area contributed by atoms with Crippen LogP contribution >= 0.6 is 0 Å². The van der Waals surface area contributed by atoms with E-state index in [4.69, 9.17) is 10.8 Å². The number of carboxylic acid groups (broad SMARTS) is 1. The molecule has 1 atom stereocenters. The Morgan fingerprint density at radius 1 is 1.26 bits per heavy atom. The second kappa shape index (κ2) is 7.48. The van der Waals surface area contributed by atoms with Crippen molar-refractivity contribution in [3.8, 4) is 0 Å². The van der Waals surface area contributed by atoms with E-state index in [-0.39, 0.29) is 29.8 Å². The average Bonchev–Trinajstić information content (AvgIpc) is 2.21. The Morgan fingerprint density at radius 3 is 2.16 bits per heavy atom. The second-order valence-corrected chi connectivity index (χ2v) is 6.35. The maximum absolute atomic E-state index is 12.2. The van der Waals surface area contributed by atoms with Crippen molar-refractivity contribution in [1.29, 1.82) is 0 Å². The summed E-state index contributed by atoms with van der Waals surface area (Å²) in [5.74, 6) is -0.828. The summed E-state index contributed by atoms with van der Waals surface area (Å²) in [5.41, 5.74) is 5.91. The molecule has 0 radical (unpaired) electrons. The van der Waals surface area contributed by atoms with Crippen LogP contribution in [0.4, 0.5) is 0 Å². The predicted octanol–water partition coefficient (Wildman–Crippen LogP) is 1.85. The highest BCUT2D eigenvalue weighted by Crippen LogP contribution is 2.21. The third-order valence-electron chi connectivity index (χ3n) is 3.24. The van der Waals surface area contributed by atoms with Crippen molar-refractivity contribution in [3.05, 3.63) is 0 Å². The Morgan fingerprint density at radius 2 is 1.79 bits per heavy atom. The van der Waals surface area contributed by atoms with Crippen molar-refractivity contribution >= 4 is 11.9 Å². The number of carbonyl (C=O) groups is 2. The summed E-state index contributed by atoms with van der Waals surface area (Å²) < 4.78 is 0. The molecule has 1 unspecified atom stereocenters. The Balaban J connectivity index is 4.46. The van der Waals surface area contributed by atoms with E-state index < -0.39 is 5.97 Å². The van der Waals surface area contributed by atoms with Crippen LogP contribution in [0.2, 0.25) is 0 Å². The van der Waals surface area contributed by atoms with Gasteiger partial charge in [-0.15, -0.1) is 0 Å². The number of amides is 1. The molecule has 0 aromatic carbocycles. The summed E-state index contributed by atoms with van der Waals surface area (Å²) in [6.07, 6.45) is 0.862. The van der Waals surface area contributed by atoms with E-state index in [9.17, 15) is 9.59 Å². The molecule has 0 aliphatic rings. The van der Waals surface area contributed by atoms with Gasteiger partial charge in [0.1, 0.15) is 0 Å². The van der Waals surface area contributed by atoms with Gasteiger partial charge in [-0.3, -0.25) is 9.59 Å². The fourth-order valence-corrected chi connectivity index (χ4v) is 1.68. The highest BCUT2D eigenvalue weighted by atomic mass is 16.4. The molecule has 0 bridgehead atoms. The lowest BCUT2D eigenvalue weighted by molar-refractivity contribution is -0.138. The molecule has 5 nitrogen and oxygen atoms in total. The molecule has 0 aliphatic carbocycles. The lowest BCUT2D eigenvalue weighted by Crippen LogP contribution is -2.44. The van der Waals surface area contributed by atoms with Crippen molar-refractivity contribution in [2.45, 2.75) is 66.0 Å². The van der Waals surface area contributed by atoms with Crippen molar-refractivity contribution in [2.24, 2.45) is 11.1 Å². The van der Waals surface area contributed by atoms with Crippen LogP contribution in [0.15, 0.2) is 0 Å². The van der Waals surface area contributed by atoms with E-state index in [2.05, 4.69) is 0 Å². The zero-order valence-electron chi connectivity index (χ0n) is 12.8. The zero-order chi connectivity index (χ0) is 15.2. The monoisotopic (exact) mass is 272 g/mol. The van der Waals surface area contributed by atoms with Crippen LogP contribution in [0.3, 0.4) is 0 Å². The first-order valence-corrected chi connectivity index (χ1v) is 6.82. The molecule has 0 heterocycles. The van der Waals surface area contributed by atoms with Gasteiger partial charge in [-0.2, -0.15) is 0 Å². The maximum atomic E-state index is 12.2. The van der Waals surface area contributed by atoms with Crippen LogP contribution in [0.5, 0.6) is 0 Å². The molecule has 0 fully saturated rings. The van der Waals surface area contributed by atoms with E-state index in [1.165, 1.54) is 0 Å². The van der Waals surface area contributed by atoms with Crippen LogP contribution < -0.4 is 5.73 Å². The summed E-state index contributed by atoms with van der Waals surface area (Å²) in [7, 11) is 0. The smallest absolute Gasteiger partial charge is 0.303 e. The van der Waals surface area contributed by atoms with Crippen LogP contribution in [0.1, 0.15) is 53.9 Å². The van der Waals surface area contributed by atoms with E-state index in [0.29, 0.717) is 19.4 Å². The quantitative estimate of drug-likeness (QED) is 0.741. The summed E-state index contributed by atoms with van der Waals surface area (Å²) in [5, 5.41) is 8.63. The van der Waals surface area contributed by atoms with Gasteiger partial charge in [0.25, 0.3) is 0 Å². The molecule has 19 heavy (non-hydrogen) atoms. The molecule has 0 saturated heterocycles. The zero-order valence-corrected chi connectivity index (χ0v) is 12.8. The van der Waals surface area contributed by atoms with Crippen LogP contribution in [0.25, 0.3) is 0 Å². The van der Waals surface area contributed by atoms with Crippen molar-refractivity contribution < 1.29 is 14.7 Å². The Kier molecular flexibility index (Phi) is 7.05. The van der Waals surface area contributed by atoms with Gasteiger partial charge < -0.3 is 15.7 Å². The Hall–Kier alpha value is -1.10. The van der Waals surface area contributed by atoms with Gasteiger partial charge in [0, 0.05) is 31.5 Å². The van der Waals surface area contributed by atoms with Crippen molar-refractivity contribution in [2.75, 3.05) is 6.54 Å². The lowest BCUT2D eigenvalue weighted by Gasteiger charge is -2.31. The van der Waals surface area contributed by atoms with Gasteiger partial charge in [0.05, 0.1) is 0 Å². The first-order chi connectivity index (χ1) is 8.55. The van der Waals surface area contributed by atoms with E-state index >= 15 is 0 Å². The minimum Gasteiger partial charge on any atom is -0.481 e. The third-order valence-corrected chi connectivity index (χ3v) is 3.24. The molecule has 112 valence electrons. The van der Waals surface area contributed by atoms with E-state index in [1.54, 1.807) is 4.90 Å². The van der Waals surface area contributed by atoms with Crippen LogP contribution in [-0.2, 0) is 9.59 Å². The van der Waals surface area contributed by atoms with Crippen LogP contribution in [0, 0.1) is 5.41 Å². The molecule has 0 aliphatic heterocycles. The number of carbonyl (C=O) groups excluding carboxylic acids is 1. The standard InChI is InChI=1S/C14H28N2O3/c1-10(2)16(8-6-7-13(18)19)12(17)9-11(15)14(3,4)5/h10-11H,6-9,15H2,1-5H3,(H,18,19). The maximum Gasteiger partial charge on any atom is 0.303 e. The molecule has 1 amide bonds. The number of hydrogen-bond donors (Lipinski definition) is 2. The summed E-state index contributed by atoms with van der Waals surface area (Å²) in [6, 6.07) is -0.130. The molecule has 0 spiro atoms. The van der Waals surface area contributed by atoms with E-state index in [1.807, 2.05) is 34.6 Å². The largest absolute Gasteiger partial charge is 0.481 e. The van der Waals surface area contributed by atoms with Gasteiger partial charge in [-0.1, -0.05) is 20.8 Å². The summed E-state index contributed by atoms with van der Waals surface area (Å²) in [4.78, 5) is 24.4. The molecule has 5 heteroatoms. The van der Waals surface area contributed by atoms with Crippen LogP contribution in [-0.4, -0.2) is 40.5 Å². The highest BCUT2D eigenvalue weighted by Gasteiger charge is 2.26. The van der Waals surface area contributed by atoms with Crippen molar-refractivity contribution in [1.82, 2.24) is 4.90 Å². The number of nitrogens with two attached hydrogens (primary N) is 1. The lowest BCUT2D eigenvalue weighted by atomic mass is 9.85. The van der Waals surface area contributed by atoms with E-state index in [0.717, 1.165) is 0 Å².